The molecule has 5 aromatic rings. The van der Waals surface area contributed by atoms with Crippen LogP contribution in [0.1, 0.15) is 10.4 Å². The molecule has 8 nitrogen and oxygen atoms in total. The van der Waals surface area contributed by atoms with Crippen LogP contribution in [-0.4, -0.2) is 36.4 Å². The summed E-state index contributed by atoms with van der Waals surface area (Å²) in [6.45, 7) is 0. The number of imidazole rings is 1. The van der Waals surface area contributed by atoms with Crippen LogP contribution in [0.2, 0.25) is 0 Å². The minimum Gasteiger partial charge on any atom is -0.465 e. The van der Waals surface area contributed by atoms with E-state index < -0.39 is 16.0 Å². The van der Waals surface area contributed by atoms with Crippen molar-refractivity contribution in [3.05, 3.63) is 84.8 Å². The molecule has 0 aliphatic heterocycles. The van der Waals surface area contributed by atoms with Crippen LogP contribution in [0.5, 0.6) is 0 Å². The van der Waals surface area contributed by atoms with Crippen LogP contribution in [0.3, 0.4) is 0 Å². The van der Waals surface area contributed by atoms with E-state index in [4.69, 9.17) is 0 Å². The molecule has 2 aromatic heterocycles. The highest BCUT2D eigenvalue weighted by Gasteiger charge is 2.22. The average molecular weight is 491 g/mol. The van der Waals surface area contributed by atoms with Crippen molar-refractivity contribution in [1.82, 2.24) is 15.0 Å². The molecule has 34 heavy (non-hydrogen) atoms. The van der Waals surface area contributed by atoms with Crippen molar-refractivity contribution in [2.75, 3.05) is 11.8 Å². The molecular formula is C24H18N4O4S2. The lowest BCUT2D eigenvalue weighted by Gasteiger charge is -2.11. The van der Waals surface area contributed by atoms with E-state index >= 15 is 0 Å². The number of benzene rings is 3. The number of nitrogens with zero attached hydrogens (tertiary/aromatic N) is 2. The van der Waals surface area contributed by atoms with Crippen LogP contribution in [0.4, 0.5) is 5.69 Å². The first-order chi connectivity index (χ1) is 16.5. The summed E-state index contributed by atoms with van der Waals surface area (Å²) in [5.74, 6) is -0.498. The van der Waals surface area contributed by atoms with Gasteiger partial charge in [-0.1, -0.05) is 30.0 Å². The second-order valence-electron chi connectivity index (χ2n) is 7.30. The minimum absolute atomic E-state index is 0.0428. The van der Waals surface area contributed by atoms with Crippen LogP contribution in [0.15, 0.2) is 93.9 Å². The first kappa shape index (κ1) is 21.9. The molecule has 5 rings (SSSR count). The Balaban J connectivity index is 1.48. The first-order valence-electron chi connectivity index (χ1n) is 10.2. The number of para-hydroxylation sites is 1. The third kappa shape index (κ3) is 4.09. The lowest BCUT2D eigenvalue weighted by molar-refractivity contribution is 0.0600. The molecule has 2 N–H and O–H groups in total. The summed E-state index contributed by atoms with van der Waals surface area (Å²) in [6, 6.07) is 19.1. The number of aromatic nitrogens is 3. The molecule has 0 amide bonds. The average Bonchev–Trinajstić information content (AvgIpc) is 3.34. The van der Waals surface area contributed by atoms with E-state index in [9.17, 15) is 13.2 Å². The number of nitrogens with one attached hydrogen (secondary N) is 2. The zero-order valence-corrected chi connectivity index (χ0v) is 19.5. The zero-order chi connectivity index (χ0) is 23.7. The fraction of sp³-hybridized carbons (Fsp3) is 0.0417. The van der Waals surface area contributed by atoms with Crippen LogP contribution in [-0.2, 0) is 14.8 Å². The van der Waals surface area contributed by atoms with Gasteiger partial charge in [0.2, 0.25) is 0 Å². The van der Waals surface area contributed by atoms with Gasteiger partial charge < -0.3 is 9.72 Å². The van der Waals surface area contributed by atoms with Gasteiger partial charge >= 0.3 is 5.97 Å². The molecule has 0 atom stereocenters. The van der Waals surface area contributed by atoms with Crippen molar-refractivity contribution in [2.45, 2.75) is 14.7 Å². The number of sulfonamides is 1. The maximum absolute atomic E-state index is 13.2. The van der Waals surface area contributed by atoms with Gasteiger partial charge in [-0.2, -0.15) is 0 Å². The molecule has 0 aliphatic rings. The van der Waals surface area contributed by atoms with E-state index in [1.54, 1.807) is 12.3 Å². The smallest absolute Gasteiger partial charge is 0.337 e. The number of methoxy groups -OCH3 is 1. The van der Waals surface area contributed by atoms with Crippen molar-refractivity contribution >= 4 is 55.4 Å². The van der Waals surface area contributed by atoms with Gasteiger partial charge in [0.1, 0.15) is 10.4 Å². The highest BCUT2D eigenvalue weighted by atomic mass is 32.2. The summed E-state index contributed by atoms with van der Waals surface area (Å²) in [5.41, 5.74) is 2.45. The Kier molecular flexibility index (Phi) is 5.68. The maximum Gasteiger partial charge on any atom is 0.337 e. The van der Waals surface area contributed by atoms with Crippen LogP contribution >= 0.6 is 11.8 Å². The van der Waals surface area contributed by atoms with Gasteiger partial charge in [0.25, 0.3) is 10.0 Å². The van der Waals surface area contributed by atoms with E-state index in [-0.39, 0.29) is 4.90 Å². The SMILES string of the molecule is COC(=O)c1ccc(NS(=O)(=O)c2ccc(Sc3cccc4cccnc34)c3[nH]cnc23)cc1. The molecule has 0 saturated heterocycles. The predicted molar refractivity (Wildman–Crippen MR) is 131 cm³/mol. The van der Waals surface area contributed by atoms with Crippen LogP contribution < -0.4 is 4.72 Å². The van der Waals surface area contributed by atoms with E-state index in [1.165, 1.54) is 55.5 Å². The number of carbonyl (C=O) groups excluding carboxylic acids is 1. The summed E-state index contributed by atoms with van der Waals surface area (Å²) in [4.78, 5) is 25.3. The Morgan fingerprint density at radius 1 is 0.941 bits per heavy atom. The molecular weight excluding hydrogens is 472 g/mol. The fourth-order valence-electron chi connectivity index (χ4n) is 3.56. The van der Waals surface area contributed by atoms with Gasteiger partial charge in [0, 0.05) is 27.1 Å². The predicted octanol–water partition coefficient (Wildman–Crippen LogP) is 4.85. The molecule has 0 unspecified atom stereocenters. The number of carbonyl (C=O) groups is 1. The largest absolute Gasteiger partial charge is 0.465 e. The van der Waals surface area contributed by atoms with Crippen molar-refractivity contribution in [3.8, 4) is 0 Å². The van der Waals surface area contributed by atoms with Gasteiger partial charge in [-0.05, 0) is 48.5 Å². The van der Waals surface area contributed by atoms with E-state index in [0.717, 1.165) is 20.7 Å². The van der Waals surface area contributed by atoms with Gasteiger partial charge in [-0.25, -0.2) is 18.2 Å². The third-order valence-electron chi connectivity index (χ3n) is 5.17. The number of ether oxygens (including phenoxy) is 1. The minimum atomic E-state index is -3.94. The molecule has 170 valence electrons. The summed E-state index contributed by atoms with van der Waals surface area (Å²) < 4.78 is 33.5. The number of esters is 1. The number of fused-ring (bicyclic) bond motifs is 2. The molecule has 0 spiro atoms. The van der Waals surface area contributed by atoms with Crippen LogP contribution in [0, 0.1) is 0 Å². The number of H-pyrrole nitrogens is 1. The summed E-state index contributed by atoms with van der Waals surface area (Å²) in [5, 5.41) is 1.02. The van der Waals surface area contributed by atoms with Gasteiger partial charge in [-0.15, -0.1) is 0 Å². The number of hydrogen-bond acceptors (Lipinski definition) is 7. The number of hydrogen-bond donors (Lipinski definition) is 2. The van der Waals surface area contributed by atoms with Gasteiger partial charge in [0.05, 0.1) is 30.0 Å². The van der Waals surface area contributed by atoms with E-state index in [0.29, 0.717) is 22.3 Å². The van der Waals surface area contributed by atoms with Crippen LogP contribution in [0.25, 0.3) is 21.9 Å². The van der Waals surface area contributed by atoms with E-state index in [1.807, 2.05) is 30.3 Å². The zero-order valence-electron chi connectivity index (χ0n) is 17.8. The number of rotatable bonds is 6. The molecule has 0 aliphatic carbocycles. The molecule has 2 heterocycles. The number of anilines is 1. The Labute approximate surface area is 199 Å². The monoisotopic (exact) mass is 490 g/mol. The van der Waals surface area contributed by atoms with Gasteiger partial charge in [0.15, 0.2) is 0 Å². The topological polar surface area (TPSA) is 114 Å². The Morgan fingerprint density at radius 2 is 1.74 bits per heavy atom. The van der Waals surface area contributed by atoms with Crippen molar-refractivity contribution in [1.29, 1.82) is 0 Å². The van der Waals surface area contributed by atoms with Crippen molar-refractivity contribution in [3.63, 3.8) is 0 Å². The lowest BCUT2D eigenvalue weighted by atomic mass is 10.2. The second-order valence-corrected chi connectivity index (χ2v) is 10.0. The van der Waals surface area contributed by atoms with Crippen molar-refractivity contribution < 1.29 is 17.9 Å². The number of aromatic amines is 1. The molecule has 0 fully saturated rings. The standard InChI is InChI=1S/C24H18N4O4S2/c1-32-24(29)16-7-9-17(10-8-16)28-34(30,31)20-12-11-19(22-23(20)27-14-26-22)33-18-6-2-4-15-5-3-13-25-21(15)18/h2-14,28H,1H3,(H,26,27). The molecule has 0 bridgehead atoms. The maximum atomic E-state index is 13.2. The highest BCUT2D eigenvalue weighted by Crippen LogP contribution is 2.37. The van der Waals surface area contributed by atoms with Crippen molar-refractivity contribution in [2.24, 2.45) is 0 Å². The quantitative estimate of drug-likeness (QED) is 0.327. The van der Waals surface area contributed by atoms with Gasteiger partial charge in [-0.3, -0.25) is 9.71 Å². The highest BCUT2D eigenvalue weighted by molar-refractivity contribution is 7.99. The molecule has 0 radical (unpaired) electrons. The Bertz CT molecular complexity index is 1630. The molecule has 10 heteroatoms. The normalized spacial score (nSPS) is 11.6. The first-order valence-corrected chi connectivity index (χ1v) is 12.4. The molecule has 0 saturated carbocycles. The lowest BCUT2D eigenvalue weighted by Crippen LogP contribution is -2.14. The van der Waals surface area contributed by atoms with E-state index in [2.05, 4.69) is 24.4 Å². The third-order valence-corrected chi connectivity index (χ3v) is 7.69. The number of pyridine rings is 1. The summed E-state index contributed by atoms with van der Waals surface area (Å²) in [6.07, 6.45) is 3.22. The fourth-order valence-corrected chi connectivity index (χ4v) is 5.82. The summed E-state index contributed by atoms with van der Waals surface area (Å²) >= 11 is 1.49. The Hall–Kier alpha value is -3.89. The Morgan fingerprint density at radius 3 is 2.53 bits per heavy atom. The second kappa shape index (κ2) is 8.81. The molecule has 3 aromatic carbocycles. The summed E-state index contributed by atoms with van der Waals surface area (Å²) in [7, 11) is -2.66.